The minimum atomic E-state index is -3.40. The molecular weight excluding hydrogens is 350 g/mol. The molecule has 0 bridgehead atoms. The smallest absolute Gasteiger partial charge is 0.243 e. The summed E-state index contributed by atoms with van der Waals surface area (Å²) in [5.41, 5.74) is 1.00. The molecule has 1 atom stereocenters. The maximum atomic E-state index is 12.9. The Morgan fingerprint density at radius 1 is 1.17 bits per heavy atom. The van der Waals surface area contributed by atoms with Crippen molar-refractivity contribution in [2.24, 2.45) is 0 Å². The number of sulfonamides is 1. The first kappa shape index (κ1) is 17.9. The van der Waals surface area contributed by atoms with E-state index in [1.54, 1.807) is 22.5 Å². The second-order valence-electron chi connectivity index (χ2n) is 6.46. The molecule has 0 saturated carbocycles. The van der Waals surface area contributed by atoms with Crippen LogP contribution in [-0.2, 0) is 16.4 Å². The number of nitrogens with one attached hydrogen (secondary N) is 1. The Morgan fingerprint density at radius 2 is 1.96 bits per heavy atom. The summed E-state index contributed by atoms with van der Waals surface area (Å²) in [5.74, 6) is 0.823. The van der Waals surface area contributed by atoms with Crippen LogP contribution in [0.4, 0.5) is 0 Å². The molecule has 4 rings (SSSR count). The molecule has 0 amide bonds. The van der Waals surface area contributed by atoms with Crippen molar-refractivity contribution in [1.29, 1.82) is 0 Å². The monoisotopic (exact) mass is 373 g/mol. The fourth-order valence-electron chi connectivity index (χ4n) is 3.75. The zero-order chi connectivity index (χ0) is 15.9. The quantitative estimate of drug-likeness (QED) is 0.845. The van der Waals surface area contributed by atoms with Gasteiger partial charge >= 0.3 is 0 Å². The molecule has 8 heteroatoms. The van der Waals surface area contributed by atoms with Crippen molar-refractivity contribution >= 4 is 22.4 Å². The van der Waals surface area contributed by atoms with Gasteiger partial charge in [-0.2, -0.15) is 4.31 Å². The van der Waals surface area contributed by atoms with Crippen molar-refractivity contribution < 1.29 is 13.2 Å². The van der Waals surface area contributed by atoms with Crippen molar-refractivity contribution in [2.45, 2.75) is 23.8 Å². The van der Waals surface area contributed by atoms with Crippen molar-refractivity contribution in [3.63, 3.8) is 0 Å². The highest BCUT2D eigenvalue weighted by molar-refractivity contribution is 7.89. The van der Waals surface area contributed by atoms with E-state index in [0.717, 1.165) is 50.3 Å². The van der Waals surface area contributed by atoms with Crippen LogP contribution in [0.5, 0.6) is 5.75 Å². The maximum Gasteiger partial charge on any atom is 0.243 e. The minimum absolute atomic E-state index is 0. The maximum absolute atomic E-state index is 12.9. The van der Waals surface area contributed by atoms with Gasteiger partial charge in [-0.25, -0.2) is 8.42 Å². The molecule has 3 heterocycles. The van der Waals surface area contributed by atoms with E-state index in [9.17, 15) is 8.42 Å². The Kier molecular flexibility index (Phi) is 5.36. The van der Waals surface area contributed by atoms with Crippen molar-refractivity contribution in [2.75, 3.05) is 45.9 Å². The number of fused-ring (bicyclic) bond motifs is 1. The number of piperazine rings is 1. The Labute approximate surface area is 149 Å². The Hall–Kier alpha value is -0.860. The molecule has 0 radical (unpaired) electrons. The summed E-state index contributed by atoms with van der Waals surface area (Å²) in [7, 11) is -3.40. The Bertz CT molecular complexity index is 692. The van der Waals surface area contributed by atoms with E-state index in [4.69, 9.17) is 4.74 Å². The van der Waals surface area contributed by atoms with E-state index in [0.29, 0.717) is 30.6 Å². The minimum Gasteiger partial charge on any atom is -0.493 e. The molecule has 24 heavy (non-hydrogen) atoms. The fraction of sp³-hybridized carbons (Fsp3) is 0.625. The van der Waals surface area contributed by atoms with Crippen LogP contribution < -0.4 is 10.1 Å². The van der Waals surface area contributed by atoms with Crippen molar-refractivity contribution in [3.05, 3.63) is 23.8 Å². The van der Waals surface area contributed by atoms with E-state index in [1.165, 1.54) is 0 Å². The third kappa shape index (κ3) is 3.28. The van der Waals surface area contributed by atoms with Crippen LogP contribution in [0.2, 0.25) is 0 Å². The van der Waals surface area contributed by atoms with Gasteiger partial charge in [-0.05, 0) is 30.2 Å². The summed E-state index contributed by atoms with van der Waals surface area (Å²) in [6, 6.07) is 5.61. The Morgan fingerprint density at radius 3 is 2.75 bits per heavy atom. The molecule has 2 saturated heterocycles. The number of hydrogen-bond donors (Lipinski definition) is 1. The highest BCUT2D eigenvalue weighted by atomic mass is 35.5. The van der Waals surface area contributed by atoms with E-state index >= 15 is 0 Å². The summed E-state index contributed by atoms with van der Waals surface area (Å²) >= 11 is 0. The van der Waals surface area contributed by atoms with Crippen LogP contribution in [0, 0.1) is 0 Å². The second-order valence-corrected chi connectivity index (χ2v) is 8.40. The summed E-state index contributed by atoms with van der Waals surface area (Å²) < 4.78 is 33.0. The average Bonchev–Trinajstić information content (AvgIpc) is 3.24. The third-order valence-corrected chi connectivity index (χ3v) is 6.95. The van der Waals surface area contributed by atoms with E-state index in [1.807, 2.05) is 0 Å². The average molecular weight is 374 g/mol. The molecule has 0 aliphatic carbocycles. The topological polar surface area (TPSA) is 61.9 Å². The van der Waals surface area contributed by atoms with Gasteiger partial charge in [0.05, 0.1) is 11.5 Å². The van der Waals surface area contributed by atoms with Gasteiger partial charge in [-0.3, -0.25) is 4.90 Å². The predicted octanol–water partition coefficient (Wildman–Crippen LogP) is 0.711. The molecule has 134 valence electrons. The molecule has 1 N–H and O–H groups in total. The van der Waals surface area contributed by atoms with Crippen molar-refractivity contribution in [3.8, 4) is 5.75 Å². The molecule has 2 fully saturated rings. The lowest BCUT2D eigenvalue weighted by Gasteiger charge is -2.32. The largest absolute Gasteiger partial charge is 0.493 e. The zero-order valence-corrected chi connectivity index (χ0v) is 15.2. The molecule has 0 aromatic heterocycles. The van der Waals surface area contributed by atoms with Crippen LogP contribution in [-0.4, -0.2) is 69.5 Å². The fourth-order valence-corrected chi connectivity index (χ4v) is 5.29. The van der Waals surface area contributed by atoms with Gasteiger partial charge in [-0.1, -0.05) is 0 Å². The van der Waals surface area contributed by atoms with Gasteiger partial charge in [0, 0.05) is 51.7 Å². The number of benzene rings is 1. The number of nitrogens with zero attached hydrogens (tertiary/aromatic N) is 2. The number of ether oxygens (including phenoxy) is 1. The first-order chi connectivity index (χ1) is 11.1. The zero-order valence-electron chi connectivity index (χ0n) is 13.6. The lowest BCUT2D eigenvalue weighted by Crippen LogP contribution is -2.49. The van der Waals surface area contributed by atoms with Crippen LogP contribution in [0.3, 0.4) is 0 Å². The van der Waals surface area contributed by atoms with Gasteiger partial charge < -0.3 is 10.1 Å². The summed E-state index contributed by atoms with van der Waals surface area (Å²) in [4.78, 5) is 2.82. The number of rotatable bonds is 3. The standard InChI is InChI=1S/C16H23N3O3S.ClH/c20-23(21,15-1-2-16-13(11-15)4-10-22-16)19-7-3-14(12-19)18-8-5-17-6-9-18;/h1-2,11,14,17H,3-10,12H2;1H. The van der Waals surface area contributed by atoms with Crippen LogP contribution in [0.15, 0.2) is 23.1 Å². The first-order valence-electron chi connectivity index (χ1n) is 8.35. The second kappa shape index (κ2) is 7.17. The van der Waals surface area contributed by atoms with Gasteiger partial charge in [0.25, 0.3) is 0 Å². The SMILES string of the molecule is Cl.O=S(=O)(c1ccc2c(c1)CCO2)N1CCC(N2CCNCC2)C1. The molecule has 3 aliphatic heterocycles. The third-order valence-electron chi connectivity index (χ3n) is 5.09. The molecule has 1 unspecified atom stereocenters. The molecule has 1 aromatic rings. The van der Waals surface area contributed by atoms with E-state index in [-0.39, 0.29) is 12.4 Å². The van der Waals surface area contributed by atoms with Crippen LogP contribution in [0.25, 0.3) is 0 Å². The van der Waals surface area contributed by atoms with E-state index < -0.39 is 10.0 Å². The molecule has 6 nitrogen and oxygen atoms in total. The van der Waals surface area contributed by atoms with Gasteiger partial charge in [0.1, 0.15) is 5.75 Å². The number of halogens is 1. The molecule has 0 spiro atoms. The lowest BCUT2D eigenvalue weighted by molar-refractivity contribution is 0.179. The van der Waals surface area contributed by atoms with Crippen LogP contribution >= 0.6 is 12.4 Å². The highest BCUT2D eigenvalue weighted by Crippen LogP contribution is 2.30. The van der Waals surface area contributed by atoms with Crippen molar-refractivity contribution in [1.82, 2.24) is 14.5 Å². The lowest BCUT2D eigenvalue weighted by atomic mass is 10.2. The van der Waals surface area contributed by atoms with Crippen LogP contribution in [0.1, 0.15) is 12.0 Å². The highest BCUT2D eigenvalue weighted by Gasteiger charge is 2.35. The van der Waals surface area contributed by atoms with E-state index in [2.05, 4.69) is 10.2 Å². The summed E-state index contributed by atoms with van der Waals surface area (Å²) in [6.07, 6.45) is 1.72. The normalized spacial score (nSPS) is 25.1. The van der Waals surface area contributed by atoms with Gasteiger partial charge in [0.15, 0.2) is 0 Å². The first-order valence-corrected chi connectivity index (χ1v) is 9.79. The molecule has 1 aromatic carbocycles. The molecular formula is C16H24ClN3O3S. The molecule has 3 aliphatic rings. The van der Waals surface area contributed by atoms with Gasteiger partial charge in [-0.15, -0.1) is 12.4 Å². The Balaban J connectivity index is 0.00000169. The van der Waals surface area contributed by atoms with Gasteiger partial charge in [0.2, 0.25) is 10.0 Å². The predicted molar refractivity (Wildman–Crippen MR) is 94.5 cm³/mol. The number of hydrogen-bond acceptors (Lipinski definition) is 5. The summed E-state index contributed by atoms with van der Waals surface area (Å²) in [5, 5.41) is 3.34. The summed E-state index contributed by atoms with van der Waals surface area (Å²) in [6.45, 7) is 5.87.